The highest BCUT2D eigenvalue weighted by Gasteiger charge is 2.16. The van der Waals surface area contributed by atoms with Gasteiger partial charge in [-0.15, -0.1) is 0 Å². The Balaban J connectivity index is 1.98. The van der Waals surface area contributed by atoms with Gasteiger partial charge < -0.3 is 4.90 Å². The molecule has 0 atom stereocenters. The lowest BCUT2D eigenvalue weighted by Crippen LogP contribution is -2.18. The SMILES string of the molecule is O=[N+]([O-])c1ccc(-c2ccccc2N2CCCC2)cc1. The minimum absolute atomic E-state index is 0.132. The van der Waals surface area contributed by atoms with Crippen LogP contribution in [0.1, 0.15) is 12.8 Å². The molecule has 0 bridgehead atoms. The van der Waals surface area contributed by atoms with E-state index in [0.717, 1.165) is 24.2 Å². The van der Waals surface area contributed by atoms with Crippen molar-refractivity contribution in [3.8, 4) is 11.1 Å². The van der Waals surface area contributed by atoms with Gasteiger partial charge in [0.25, 0.3) is 5.69 Å². The normalized spacial score (nSPS) is 14.5. The van der Waals surface area contributed by atoms with Crippen molar-refractivity contribution in [2.24, 2.45) is 0 Å². The molecule has 2 aromatic rings. The van der Waals surface area contributed by atoms with Crippen molar-refractivity contribution in [3.63, 3.8) is 0 Å². The summed E-state index contributed by atoms with van der Waals surface area (Å²) in [4.78, 5) is 12.7. The third-order valence-electron chi connectivity index (χ3n) is 3.74. The van der Waals surface area contributed by atoms with Crippen molar-refractivity contribution in [2.45, 2.75) is 12.8 Å². The first-order valence-corrected chi connectivity index (χ1v) is 6.84. The van der Waals surface area contributed by atoms with Gasteiger partial charge >= 0.3 is 0 Å². The van der Waals surface area contributed by atoms with Crippen LogP contribution in [0.4, 0.5) is 11.4 Å². The standard InChI is InChI=1S/C16H16N2O2/c19-18(20)14-9-7-13(8-10-14)15-5-1-2-6-16(15)17-11-3-4-12-17/h1-2,5-10H,3-4,11-12H2. The zero-order chi connectivity index (χ0) is 13.9. The topological polar surface area (TPSA) is 46.4 Å². The van der Waals surface area contributed by atoms with Gasteiger partial charge in [-0.3, -0.25) is 10.1 Å². The minimum Gasteiger partial charge on any atom is -0.371 e. The molecule has 0 radical (unpaired) electrons. The third kappa shape index (κ3) is 2.37. The molecule has 0 unspecified atom stereocenters. The van der Waals surface area contributed by atoms with Crippen LogP contribution in [0.15, 0.2) is 48.5 Å². The second kappa shape index (κ2) is 5.33. The average molecular weight is 268 g/mol. The number of non-ortho nitro benzene ring substituents is 1. The molecule has 102 valence electrons. The first-order valence-electron chi connectivity index (χ1n) is 6.84. The highest BCUT2D eigenvalue weighted by molar-refractivity contribution is 5.79. The van der Waals surface area contributed by atoms with Gasteiger partial charge in [-0.05, 0) is 36.6 Å². The van der Waals surface area contributed by atoms with Crippen molar-refractivity contribution >= 4 is 11.4 Å². The van der Waals surface area contributed by atoms with E-state index in [2.05, 4.69) is 17.0 Å². The number of anilines is 1. The predicted octanol–water partition coefficient (Wildman–Crippen LogP) is 3.86. The van der Waals surface area contributed by atoms with Crippen LogP contribution in [-0.4, -0.2) is 18.0 Å². The molecular weight excluding hydrogens is 252 g/mol. The second-order valence-electron chi connectivity index (χ2n) is 5.02. The largest absolute Gasteiger partial charge is 0.371 e. The van der Waals surface area contributed by atoms with Gasteiger partial charge in [-0.25, -0.2) is 0 Å². The molecule has 0 saturated carbocycles. The Bertz CT molecular complexity index is 617. The molecule has 1 aliphatic heterocycles. The van der Waals surface area contributed by atoms with Crippen molar-refractivity contribution in [1.82, 2.24) is 0 Å². The van der Waals surface area contributed by atoms with Gasteiger partial charge in [0.15, 0.2) is 0 Å². The molecule has 2 aromatic carbocycles. The maximum atomic E-state index is 10.7. The molecule has 0 aromatic heterocycles. The number of nitro groups is 1. The van der Waals surface area contributed by atoms with Crippen molar-refractivity contribution in [3.05, 3.63) is 58.6 Å². The Morgan fingerprint density at radius 3 is 2.25 bits per heavy atom. The fourth-order valence-corrected chi connectivity index (χ4v) is 2.71. The Morgan fingerprint density at radius 2 is 1.60 bits per heavy atom. The summed E-state index contributed by atoms with van der Waals surface area (Å²) in [7, 11) is 0. The molecule has 4 nitrogen and oxygen atoms in total. The molecule has 0 N–H and O–H groups in total. The summed E-state index contributed by atoms with van der Waals surface area (Å²) in [6, 6.07) is 15.0. The van der Waals surface area contributed by atoms with Gasteiger partial charge in [0.2, 0.25) is 0 Å². The first kappa shape index (κ1) is 12.7. The number of benzene rings is 2. The Kier molecular flexibility index (Phi) is 3.37. The lowest BCUT2D eigenvalue weighted by Gasteiger charge is -2.21. The fraction of sp³-hybridized carbons (Fsp3) is 0.250. The van der Waals surface area contributed by atoms with Crippen LogP contribution in [0, 0.1) is 10.1 Å². The number of rotatable bonds is 3. The van der Waals surface area contributed by atoms with Crippen LogP contribution < -0.4 is 4.90 Å². The van der Waals surface area contributed by atoms with Crippen LogP contribution in [0.2, 0.25) is 0 Å². The van der Waals surface area contributed by atoms with Crippen LogP contribution in [0.5, 0.6) is 0 Å². The van der Waals surface area contributed by atoms with Crippen LogP contribution in [0.3, 0.4) is 0 Å². The van der Waals surface area contributed by atoms with E-state index in [-0.39, 0.29) is 10.6 Å². The molecule has 1 aliphatic rings. The van der Waals surface area contributed by atoms with Crippen LogP contribution in [0.25, 0.3) is 11.1 Å². The smallest absolute Gasteiger partial charge is 0.269 e. The molecule has 0 amide bonds. The summed E-state index contributed by atoms with van der Waals surface area (Å²) in [5, 5.41) is 10.7. The van der Waals surface area contributed by atoms with E-state index in [0.29, 0.717) is 0 Å². The Morgan fingerprint density at radius 1 is 0.950 bits per heavy atom. The molecule has 0 aliphatic carbocycles. The lowest BCUT2D eigenvalue weighted by molar-refractivity contribution is -0.384. The fourth-order valence-electron chi connectivity index (χ4n) is 2.71. The minimum atomic E-state index is -0.365. The van der Waals surface area contributed by atoms with Gasteiger partial charge in [-0.2, -0.15) is 0 Å². The maximum absolute atomic E-state index is 10.7. The molecule has 1 heterocycles. The molecule has 1 fully saturated rings. The van der Waals surface area contributed by atoms with Gasteiger partial charge in [0, 0.05) is 36.5 Å². The van der Waals surface area contributed by atoms with Crippen molar-refractivity contribution < 1.29 is 4.92 Å². The van der Waals surface area contributed by atoms with E-state index in [4.69, 9.17) is 0 Å². The second-order valence-corrected chi connectivity index (χ2v) is 5.02. The van der Waals surface area contributed by atoms with E-state index in [9.17, 15) is 10.1 Å². The van der Waals surface area contributed by atoms with Gasteiger partial charge in [-0.1, -0.05) is 18.2 Å². The van der Waals surface area contributed by atoms with E-state index < -0.39 is 0 Å². The number of para-hydroxylation sites is 1. The maximum Gasteiger partial charge on any atom is 0.269 e. The van der Waals surface area contributed by atoms with Crippen molar-refractivity contribution in [1.29, 1.82) is 0 Å². The van der Waals surface area contributed by atoms with E-state index in [1.165, 1.54) is 18.5 Å². The first-order chi connectivity index (χ1) is 9.75. The summed E-state index contributed by atoms with van der Waals surface area (Å²) >= 11 is 0. The summed E-state index contributed by atoms with van der Waals surface area (Å²) in [5.41, 5.74) is 3.52. The molecule has 1 saturated heterocycles. The zero-order valence-electron chi connectivity index (χ0n) is 11.2. The number of nitro benzene ring substituents is 1. The quantitative estimate of drug-likeness (QED) is 0.627. The lowest BCUT2D eigenvalue weighted by atomic mass is 10.0. The Labute approximate surface area is 117 Å². The summed E-state index contributed by atoms with van der Waals surface area (Å²) in [6.07, 6.45) is 2.46. The van der Waals surface area contributed by atoms with Gasteiger partial charge in [0.05, 0.1) is 4.92 Å². The number of hydrogen-bond donors (Lipinski definition) is 0. The molecule has 20 heavy (non-hydrogen) atoms. The molecular formula is C16H16N2O2. The van der Waals surface area contributed by atoms with E-state index in [1.807, 2.05) is 24.3 Å². The van der Waals surface area contributed by atoms with Crippen LogP contribution >= 0.6 is 0 Å². The van der Waals surface area contributed by atoms with E-state index in [1.54, 1.807) is 12.1 Å². The Hall–Kier alpha value is -2.36. The highest BCUT2D eigenvalue weighted by atomic mass is 16.6. The molecule has 3 rings (SSSR count). The van der Waals surface area contributed by atoms with Crippen molar-refractivity contribution in [2.75, 3.05) is 18.0 Å². The third-order valence-corrected chi connectivity index (χ3v) is 3.74. The zero-order valence-corrected chi connectivity index (χ0v) is 11.2. The van der Waals surface area contributed by atoms with Crippen LogP contribution in [-0.2, 0) is 0 Å². The number of nitrogens with zero attached hydrogens (tertiary/aromatic N) is 2. The highest BCUT2D eigenvalue weighted by Crippen LogP contribution is 2.33. The molecule has 0 spiro atoms. The number of hydrogen-bond acceptors (Lipinski definition) is 3. The van der Waals surface area contributed by atoms with Gasteiger partial charge in [0.1, 0.15) is 0 Å². The van der Waals surface area contributed by atoms with E-state index >= 15 is 0 Å². The summed E-state index contributed by atoms with van der Waals surface area (Å²) < 4.78 is 0. The average Bonchev–Trinajstić information content (AvgIpc) is 3.01. The summed E-state index contributed by atoms with van der Waals surface area (Å²) in [6.45, 7) is 2.17. The predicted molar refractivity (Wildman–Crippen MR) is 80.0 cm³/mol. The summed E-state index contributed by atoms with van der Waals surface area (Å²) in [5.74, 6) is 0. The monoisotopic (exact) mass is 268 g/mol. The molecule has 4 heteroatoms.